The predicted molar refractivity (Wildman–Crippen MR) is 89.4 cm³/mol. The molecule has 2 nitrogen and oxygen atoms in total. The van der Waals surface area contributed by atoms with Crippen LogP contribution in [0.4, 0.5) is 8.78 Å². The Morgan fingerprint density at radius 3 is 2.05 bits per heavy atom. The molecule has 0 aliphatic heterocycles. The van der Waals surface area contributed by atoms with E-state index in [4.69, 9.17) is 10.2 Å². The van der Waals surface area contributed by atoms with Gasteiger partial charge in [-0.3, -0.25) is 0 Å². The molecule has 0 amide bonds. The first-order valence-electron chi connectivity index (χ1n) is 8.12. The lowest BCUT2D eigenvalue weighted by Crippen LogP contribution is -2.40. The van der Waals surface area contributed by atoms with E-state index in [1.165, 1.54) is 0 Å². The molecular formula is C16H35F2NOSi. The van der Waals surface area contributed by atoms with Crippen molar-refractivity contribution < 1.29 is 13.2 Å². The van der Waals surface area contributed by atoms with Crippen LogP contribution in [0.2, 0.25) is 18.1 Å². The van der Waals surface area contributed by atoms with Crippen LogP contribution in [-0.4, -0.2) is 26.9 Å². The second-order valence-electron chi connectivity index (χ2n) is 7.83. The third-order valence-electron chi connectivity index (χ3n) is 4.44. The van der Waals surface area contributed by atoms with Crippen molar-refractivity contribution >= 4 is 8.32 Å². The SMILES string of the molecule is CC(F)(F)CC[C@H](N)CCCCCO[Si](C)(C)C(C)(C)C. The summed E-state index contributed by atoms with van der Waals surface area (Å²) < 4.78 is 31.5. The van der Waals surface area contributed by atoms with Crippen molar-refractivity contribution in [3.05, 3.63) is 0 Å². The summed E-state index contributed by atoms with van der Waals surface area (Å²) in [5, 5.41) is 0.251. The maximum atomic E-state index is 12.7. The quantitative estimate of drug-likeness (QED) is 0.435. The second-order valence-corrected chi connectivity index (χ2v) is 12.6. The zero-order valence-electron chi connectivity index (χ0n) is 14.8. The number of rotatable bonds is 10. The minimum atomic E-state index is -2.59. The van der Waals surface area contributed by atoms with Crippen molar-refractivity contribution in [2.45, 2.75) is 96.3 Å². The van der Waals surface area contributed by atoms with Crippen molar-refractivity contribution in [3.8, 4) is 0 Å². The van der Waals surface area contributed by atoms with Crippen LogP contribution in [0.5, 0.6) is 0 Å². The molecule has 0 saturated carbocycles. The summed E-state index contributed by atoms with van der Waals surface area (Å²) in [7, 11) is -1.63. The van der Waals surface area contributed by atoms with Crippen LogP contribution >= 0.6 is 0 Å². The van der Waals surface area contributed by atoms with Gasteiger partial charge in [-0.25, -0.2) is 8.78 Å². The summed E-state index contributed by atoms with van der Waals surface area (Å²) >= 11 is 0. The van der Waals surface area contributed by atoms with E-state index in [-0.39, 0.29) is 17.5 Å². The van der Waals surface area contributed by atoms with Crippen molar-refractivity contribution in [1.29, 1.82) is 0 Å². The van der Waals surface area contributed by atoms with Crippen LogP contribution in [0.3, 0.4) is 0 Å². The first-order chi connectivity index (χ1) is 9.35. The largest absolute Gasteiger partial charge is 0.417 e. The molecule has 2 N–H and O–H groups in total. The fourth-order valence-corrected chi connectivity index (χ4v) is 2.90. The van der Waals surface area contributed by atoms with Crippen LogP contribution in [0.1, 0.15) is 66.2 Å². The van der Waals surface area contributed by atoms with Crippen molar-refractivity contribution in [3.63, 3.8) is 0 Å². The van der Waals surface area contributed by atoms with Crippen LogP contribution < -0.4 is 5.73 Å². The molecule has 0 spiro atoms. The van der Waals surface area contributed by atoms with Gasteiger partial charge in [0.25, 0.3) is 0 Å². The molecule has 0 heterocycles. The van der Waals surface area contributed by atoms with E-state index < -0.39 is 14.2 Å². The van der Waals surface area contributed by atoms with E-state index in [0.717, 1.165) is 39.2 Å². The van der Waals surface area contributed by atoms with Gasteiger partial charge in [0.05, 0.1) is 0 Å². The van der Waals surface area contributed by atoms with Crippen LogP contribution in [0, 0.1) is 0 Å². The van der Waals surface area contributed by atoms with Crippen LogP contribution in [0.15, 0.2) is 0 Å². The summed E-state index contributed by atoms with van der Waals surface area (Å²) in [5.74, 6) is -2.59. The molecular weight excluding hydrogens is 288 g/mol. The fraction of sp³-hybridized carbons (Fsp3) is 1.00. The van der Waals surface area contributed by atoms with E-state index in [9.17, 15) is 8.78 Å². The summed E-state index contributed by atoms with van der Waals surface area (Å²) in [4.78, 5) is 0. The van der Waals surface area contributed by atoms with Crippen molar-refractivity contribution in [2.24, 2.45) is 5.73 Å². The Labute approximate surface area is 131 Å². The van der Waals surface area contributed by atoms with E-state index in [2.05, 4.69) is 33.9 Å². The van der Waals surface area contributed by atoms with E-state index in [1.807, 2.05) is 0 Å². The molecule has 0 aliphatic carbocycles. The number of hydrogen-bond donors (Lipinski definition) is 1. The molecule has 0 unspecified atom stereocenters. The topological polar surface area (TPSA) is 35.2 Å². The minimum absolute atomic E-state index is 0.0999. The van der Waals surface area contributed by atoms with Crippen LogP contribution in [0.25, 0.3) is 0 Å². The van der Waals surface area contributed by atoms with E-state index in [1.54, 1.807) is 0 Å². The Balaban J connectivity index is 3.65. The molecule has 0 aromatic rings. The highest BCUT2D eigenvalue weighted by molar-refractivity contribution is 6.74. The van der Waals surface area contributed by atoms with Gasteiger partial charge < -0.3 is 10.2 Å². The Kier molecular flexibility index (Phi) is 8.58. The molecule has 0 aliphatic rings. The second kappa shape index (κ2) is 8.58. The maximum absolute atomic E-state index is 12.7. The molecule has 0 saturated heterocycles. The van der Waals surface area contributed by atoms with E-state index in [0.29, 0.717) is 6.42 Å². The van der Waals surface area contributed by atoms with Gasteiger partial charge in [-0.05, 0) is 44.3 Å². The zero-order valence-corrected chi connectivity index (χ0v) is 15.8. The third-order valence-corrected chi connectivity index (χ3v) is 8.98. The Hall–Kier alpha value is -0.00312. The Bertz CT molecular complexity index is 285. The normalized spacial score (nSPS) is 15.3. The summed E-state index contributed by atoms with van der Waals surface area (Å²) in [6, 6.07) is -0.0999. The molecule has 5 heteroatoms. The van der Waals surface area contributed by atoms with Gasteiger partial charge in [0, 0.05) is 19.1 Å². The third kappa shape index (κ3) is 10.4. The average molecular weight is 324 g/mol. The first kappa shape index (κ1) is 21.0. The van der Waals surface area contributed by atoms with Crippen LogP contribution in [-0.2, 0) is 4.43 Å². The van der Waals surface area contributed by atoms with Gasteiger partial charge in [-0.2, -0.15) is 0 Å². The number of hydrogen-bond acceptors (Lipinski definition) is 2. The fourth-order valence-electron chi connectivity index (χ4n) is 1.81. The number of unbranched alkanes of at least 4 members (excludes halogenated alkanes) is 2. The lowest BCUT2D eigenvalue weighted by atomic mass is 10.0. The first-order valence-corrected chi connectivity index (χ1v) is 11.0. The highest BCUT2D eigenvalue weighted by Gasteiger charge is 2.36. The molecule has 0 fully saturated rings. The Morgan fingerprint density at radius 1 is 1.00 bits per heavy atom. The molecule has 0 radical (unpaired) electrons. The maximum Gasteiger partial charge on any atom is 0.245 e. The van der Waals surface area contributed by atoms with Gasteiger partial charge in [0.1, 0.15) is 0 Å². The number of halogens is 2. The summed E-state index contributed by atoms with van der Waals surface area (Å²) in [6.07, 6.45) is 4.22. The monoisotopic (exact) mass is 323 g/mol. The minimum Gasteiger partial charge on any atom is -0.417 e. The van der Waals surface area contributed by atoms with Gasteiger partial charge in [0.2, 0.25) is 5.92 Å². The van der Waals surface area contributed by atoms with Gasteiger partial charge in [-0.1, -0.05) is 33.6 Å². The predicted octanol–water partition coefficient (Wildman–Crippen LogP) is 5.33. The van der Waals surface area contributed by atoms with Crippen molar-refractivity contribution in [2.75, 3.05) is 6.61 Å². The average Bonchev–Trinajstić information content (AvgIpc) is 2.28. The lowest BCUT2D eigenvalue weighted by molar-refractivity contribution is 0.00902. The number of nitrogens with two attached hydrogens (primary N) is 1. The molecule has 0 aromatic heterocycles. The summed E-state index contributed by atoms with van der Waals surface area (Å²) in [6.45, 7) is 13.0. The molecule has 1 atom stereocenters. The van der Waals surface area contributed by atoms with E-state index >= 15 is 0 Å². The number of alkyl halides is 2. The molecule has 0 aromatic carbocycles. The van der Waals surface area contributed by atoms with Gasteiger partial charge in [-0.15, -0.1) is 0 Å². The lowest BCUT2D eigenvalue weighted by Gasteiger charge is -2.36. The highest BCUT2D eigenvalue weighted by Crippen LogP contribution is 2.36. The van der Waals surface area contributed by atoms with Crippen molar-refractivity contribution in [1.82, 2.24) is 0 Å². The standard InChI is InChI=1S/C16H35F2NOSi/c1-15(2,3)21(5,6)20-13-9-7-8-10-14(19)11-12-16(4,17)18/h14H,7-13,19H2,1-6H3/t14-/m1/s1. The Morgan fingerprint density at radius 2 is 1.57 bits per heavy atom. The zero-order chi connectivity index (χ0) is 16.7. The summed E-state index contributed by atoms with van der Waals surface area (Å²) in [5.41, 5.74) is 5.86. The highest BCUT2D eigenvalue weighted by atomic mass is 28.4. The van der Waals surface area contributed by atoms with Gasteiger partial charge in [0.15, 0.2) is 8.32 Å². The molecule has 0 rings (SSSR count). The molecule has 0 bridgehead atoms. The molecule has 128 valence electrons. The van der Waals surface area contributed by atoms with Gasteiger partial charge >= 0.3 is 0 Å². The smallest absolute Gasteiger partial charge is 0.245 e. The molecule has 21 heavy (non-hydrogen) atoms.